The van der Waals surface area contributed by atoms with Crippen molar-refractivity contribution in [3.05, 3.63) is 58.0 Å². The van der Waals surface area contributed by atoms with Crippen LogP contribution in [-0.2, 0) is 11.3 Å². The number of carbonyl (C=O) groups excluding carboxylic acids is 2. The van der Waals surface area contributed by atoms with Crippen molar-refractivity contribution in [2.75, 3.05) is 11.4 Å². The molecule has 0 atom stereocenters. The molecule has 7 heteroatoms. The molecule has 2 aromatic rings. The summed E-state index contributed by atoms with van der Waals surface area (Å²) in [5, 5.41) is 8.63. The minimum atomic E-state index is -0.371. The van der Waals surface area contributed by atoms with Crippen molar-refractivity contribution in [2.24, 2.45) is 0 Å². The Morgan fingerprint density at radius 3 is 2.83 bits per heavy atom. The first-order valence-electron chi connectivity index (χ1n) is 7.37. The average Bonchev–Trinajstić information content (AvgIpc) is 3.00. The number of anilines is 1. The maximum atomic E-state index is 12.0. The predicted molar refractivity (Wildman–Crippen MR) is 84.1 cm³/mol. The zero-order chi connectivity index (χ0) is 16.2. The highest BCUT2D eigenvalue weighted by Gasteiger charge is 2.21. The van der Waals surface area contributed by atoms with Crippen LogP contribution in [0.2, 0.25) is 0 Å². The lowest BCUT2D eigenvalue weighted by atomic mass is 10.2. The van der Waals surface area contributed by atoms with Gasteiger partial charge in [-0.2, -0.15) is 5.10 Å². The topological polar surface area (TPSA) is 95.2 Å². The Labute approximate surface area is 132 Å². The van der Waals surface area contributed by atoms with Crippen LogP contribution in [-0.4, -0.2) is 28.6 Å². The van der Waals surface area contributed by atoms with E-state index >= 15 is 0 Å². The number of amides is 2. The van der Waals surface area contributed by atoms with Crippen molar-refractivity contribution in [3.63, 3.8) is 0 Å². The van der Waals surface area contributed by atoms with Gasteiger partial charge in [0.25, 0.3) is 11.5 Å². The van der Waals surface area contributed by atoms with E-state index in [1.807, 2.05) is 24.3 Å². The van der Waals surface area contributed by atoms with Crippen LogP contribution in [0.4, 0.5) is 5.69 Å². The zero-order valence-electron chi connectivity index (χ0n) is 12.4. The third-order valence-electron chi connectivity index (χ3n) is 3.66. The highest BCUT2D eigenvalue weighted by molar-refractivity contribution is 5.95. The number of aromatic nitrogens is 2. The van der Waals surface area contributed by atoms with E-state index in [0.717, 1.165) is 24.2 Å². The quantitative estimate of drug-likeness (QED) is 0.874. The molecule has 1 aromatic carbocycles. The lowest BCUT2D eigenvalue weighted by molar-refractivity contribution is -0.117. The van der Waals surface area contributed by atoms with Crippen LogP contribution in [0.1, 0.15) is 28.9 Å². The Morgan fingerprint density at radius 2 is 2.13 bits per heavy atom. The lowest BCUT2D eigenvalue weighted by Crippen LogP contribution is -2.26. The molecule has 1 aliphatic heterocycles. The number of benzene rings is 1. The average molecular weight is 312 g/mol. The molecule has 1 saturated heterocycles. The molecule has 2 amide bonds. The Bertz CT molecular complexity index is 779. The van der Waals surface area contributed by atoms with Crippen LogP contribution >= 0.6 is 0 Å². The van der Waals surface area contributed by atoms with Crippen LogP contribution in [0.3, 0.4) is 0 Å². The summed E-state index contributed by atoms with van der Waals surface area (Å²) in [6.45, 7) is 1.05. The molecule has 0 unspecified atom stereocenters. The fourth-order valence-electron chi connectivity index (χ4n) is 2.50. The van der Waals surface area contributed by atoms with E-state index in [0.29, 0.717) is 13.0 Å². The maximum absolute atomic E-state index is 12.0. The number of hydrogen-bond acceptors (Lipinski definition) is 4. The highest BCUT2D eigenvalue weighted by Crippen LogP contribution is 2.22. The minimum absolute atomic E-state index is 0.128. The second kappa shape index (κ2) is 6.43. The first kappa shape index (κ1) is 15.0. The molecule has 3 rings (SSSR count). The molecular formula is C16H16N4O3. The number of H-pyrrole nitrogens is 1. The van der Waals surface area contributed by atoms with E-state index in [1.54, 1.807) is 4.90 Å². The third kappa shape index (κ3) is 3.45. The van der Waals surface area contributed by atoms with Gasteiger partial charge in [0, 0.05) is 31.3 Å². The molecule has 1 fully saturated rings. The summed E-state index contributed by atoms with van der Waals surface area (Å²) in [7, 11) is 0. The van der Waals surface area contributed by atoms with Crippen LogP contribution < -0.4 is 15.8 Å². The molecule has 2 heterocycles. The highest BCUT2D eigenvalue weighted by atomic mass is 16.2. The van der Waals surface area contributed by atoms with Crippen LogP contribution in [0, 0.1) is 0 Å². The minimum Gasteiger partial charge on any atom is -0.347 e. The third-order valence-corrected chi connectivity index (χ3v) is 3.66. The molecule has 7 nitrogen and oxygen atoms in total. The van der Waals surface area contributed by atoms with Crippen LogP contribution in [0.15, 0.2) is 41.2 Å². The van der Waals surface area contributed by atoms with Gasteiger partial charge in [-0.05, 0) is 30.2 Å². The molecule has 0 aliphatic carbocycles. The number of nitrogens with zero attached hydrogens (tertiary/aromatic N) is 2. The molecule has 0 saturated carbocycles. The smallest absolute Gasteiger partial charge is 0.271 e. The summed E-state index contributed by atoms with van der Waals surface area (Å²) in [5.74, 6) is -0.243. The largest absolute Gasteiger partial charge is 0.347 e. The van der Waals surface area contributed by atoms with Crippen molar-refractivity contribution < 1.29 is 9.59 Å². The summed E-state index contributed by atoms with van der Waals surface area (Å²) in [6, 6.07) is 10.1. The van der Waals surface area contributed by atoms with Crippen molar-refractivity contribution in [2.45, 2.75) is 19.4 Å². The molecule has 0 radical (unpaired) electrons. The van der Waals surface area contributed by atoms with Gasteiger partial charge in [0.1, 0.15) is 5.69 Å². The Morgan fingerprint density at radius 1 is 1.26 bits per heavy atom. The lowest BCUT2D eigenvalue weighted by Gasteiger charge is -2.16. The number of aromatic amines is 1. The molecule has 23 heavy (non-hydrogen) atoms. The van der Waals surface area contributed by atoms with Gasteiger partial charge in [-0.25, -0.2) is 5.10 Å². The van der Waals surface area contributed by atoms with Gasteiger partial charge in [0.2, 0.25) is 5.91 Å². The summed E-state index contributed by atoms with van der Waals surface area (Å²) in [4.78, 5) is 36.4. The molecular weight excluding hydrogens is 296 g/mol. The number of hydrogen-bond donors (Lipinski definition) is 2. The van der Waals surface area contributed by atoms with Gasteiger partial charge in [-0.15, -0.1) is 0 Å². The fraction of sp³-hybridized carbons (Fsp3) is 0.250. The SMILES string of the molecule is O=C(NCc1cccc(N2CCCC2=O)c1)c1ccc(=O)[nH]n1. The van der Waals surface area contributed by atoms with Crippen molar-refractivity contribution in [1.29, 1.82) is 0 Å². The number of nitrogens with one attached hydrogen (secondary N) is 2. The van der Waals surface area contributed by atoms with Crippen molar-refractivity contribution in [3.8, 4) is 0 Å². The molecule has 1 aliphatic rings. The molecule has 2 N–H and O–H groups in total. The first-order chi connectivity index (χ1) is 11.1. The molecule has 0 spiro atoms. The van der Waals surface area contributed by atoms with E-state index < -0.39 is 0 Å². The standard InChI is InChI=1S/C16H16N4O3/c21-14-7-6-13(18-19-14)16(23)17-10-11-3-1-4-12(9-11)20-8-2-5-15(20)22/h1,3-4,6-7,9H,2,5,8,10H2,(H,17,23)(H,19,21). The second-order valence-corrected chi connectivity index (χ2v) is 5.31. The van der Waals surface area contributed by atoms with Crippen LogP contribution in [0.5, 0.6) is 0 Å². The second-order valence-electron chi connectivity index (χ2n) is 5.31. The Hall–Kier alpha value is -2.96. The number of carbonyl (C=O) groups is 2. The fourth-order valence-corrected chi connectivity index (χ4v) is 2.50. The predicted octanol–water partition coefficient (Wildman–Crippen LogP) is 0.827. The van der Waals surface area contributed by atoms with Gasteiger partial charge in [0.15, 0.2) is 0 Å². The van der Waals surface area contributed by atoms with Gasteiger partial charge < -0.3 is 10.2 Å². The molecule has 1 aromatic heterocycles. The van der Waals surface area contributed by atoms with E-state index in [2.05, 4.69) is 15.5 Å². The van der Waals surface area contributed by atoms with Crippen molar-refractivity contribution in [1.82, 2.24) is 15.5 Å². The van der Waals surface area contributed by atoms with Gasteiger partial charge in [-0.1, -0.05) is 12.1 Å². The maximum Gasteiger partial charge on any atom is 0.271 e. The first-order valence-corrected chi connectivity index (χ1v) is 7.37. The summed E-state index contributed by atoms with van der Waals surface area (Å²) >= 11 is 0. The molecule has 0 bridgehead atoms. The monoisotopic (exact) mass is 312 g/mol. The van der Waals surface area contributed by atoms with E-state index in [1.165, 1.54) is 12.1 Å². The molecule has 118 valence electrons. The summed E-state index contributed by atoms with van der Waals surface area (Å²) in [6.07, 6.45) is 1.45. The van der Waals surface area contributed by atoms with Gasteiger partial charge in [0.05, 0.1) is 0 Å². The van der Waals surface area contributed by atoms with Crippen LogP contribution in [0.25, 0.3) is 0 Å². The van der Waals surface area contributed by atoms with Gasteiger partial charge in [-0.3, -0.25) is 14.4 Å². The summed E-state index contributed by atoms with van der Waals surface area (Å²) < 4.78 is 0. The van der Waals surface area contributed by atoms with E-state index in [-0.39, 0.29) is 23.1 Å². The van der Waals surface area contributed by atoms with Crippen molar-refractivity contribution >= 4 is 17.5 Å². The Balaban J connectivity index is 1.66. The Kier molecular flexibility index (Phi) is 4.18. The normalized spacial score (nSPS) is 14.1. The van der Waals surface area contributed by atoms with E-state index in [9.17, 15) is 14.4 Å². The van der Waals surface area contributed by atoms with E-state index in [4.69, 9.17) is 0 Å². The number of rotatable bonds is 4. The van der Waals surface area contributed by atoms with Gasteiger partial charge >= 0.3 is 0 Å². The zero-order valence-corrected chi connectivity index (χ0v) is 12.4. The summed E-state index contributed by atoms with van der Waals surface area (Å²) in [5.41, 5.74) is 1.53.